The fourth-order valence-electron chi connectivity index (χ4n) is 2.88. The molecule has 2 rings (SSSR count). The smallest absolute Gasteiger partial charge is 0.336 e. The van der Waals surface area contributed by atoms with Crippen LogP contribution in [-0.2, 0) is 14.0 Å². The third-order valence-electron chi connectivity index (χ3n) is 4.11. The fraction of sp³-hybridized carbons (Fsp3) is 0.304. The van der Waals surface area contributed by atoms with Crippen molar-refractivity contribution in [2.75, 3.05) is 7.11 Å². The van der Waals surface area contributed by atoms with Crippen LogP contribution in [-0.4, -0.2) is 27.2 Å². The summed E-state index contributed by atoms with van der Waals surface area (Å²) in [5, 5.41) is 0. The van der Waals surface area contributed by atoms with E-state index >= 15 is 0 Å². The minimum atomic E-state index is -2.04. The summed E-state index contributed by atoms with van der Waals surface area (Å²) in [5.74, 6) is -0.813. The predicted molar refractivity (Wildman–Crippen MR) is 114 cm³/mol. The van der Waals surface area contributed by atoms with Crippen LogP contribution < -0.4 is 0 Å². The van der Waals surface area contributed by atoms with E-state index in [1.165, 1.54) is 13.2 Å². The van der Waals surface area contributed by atoms with Gasteiger partial charge in [0, 0.05) is 5.56 Å². The normalized spacial score (nSPS) is 13.1. The number of benzene rings is 2. The summed E-state index contributed by atoms with van der Waals surface area (Å²) in [5.41, 5.74) is 3.60. The number of ether oxygens (including phenoxy) is 1. The van der Waals surface area contributed by atoms with Crippen molar-refractivity contribution in [2.45, 2.75) is 39.6 Å². The fourth-order valence-corrected chi connectivity index (χ4v) is 3.85. The van der Waals surface area contributed by atoms with Crippen LogP contribution in [0.15, 0.2) is 60.2 Å². The van der Waals surface area contributed by atoms with Gasteiger partial charge in [-0.25, -0.2) is 4.79 Å². The Kier molecular flexibility index (Phi) is 7.10. The molecule has 0 saturated carbocycles. The molecule has 0 aliphatic heterocycles. The number of hydrogen-bond acceptors (Lipinski definition) is 4. The minimum Gasteiger partial charge on any atom is -0.466 e. The molecule has 148 valence electrons. The molecule has 0 aliphatic rings. The second-order valence-electron chi connectivity index (χ2n) is 7.85. The van der Waals surface area contributed by atoms with Gasteiger partial charge in [-0.15, -0.1) is 0 Å². The zero-order valence-electron chi connectivity index (χ0n) is 17.4. The third-order valence-corrected chi connectivity index (χ3v) is 5.05. The van der Waals surface area contributed by atoms with Gasteiger partial charge in [-0.2, -0.15) is 0 Å². The quantitative estimate of drug-likeness (QED) is 0.280. The molecule has 2 aromatic rings. The maximum absolute atomic E-state index is 12.9. The molecule has 2 aromatic carbocycles. The van der Waals surface area contributed by atoms with Crippen molar-refractivity contribution in [2.24, 2.45) is 0 Å². The summed E-state index contributed by atoms with van der Waals surface area (Å²) in [7, 11) is -0.726. The Morgan fingerprint density at radius 3 is 2.11 bits per heavy atom. The lowest BCUT2D eigenvalue weighted by Crippen LogP contribution is -2.31. The highest BCUT2D eigenvalue weighted by Gasteiger charge is 2.30. The summed E-state index contributed by atoms with van der Waals surface area (Å²) >= 11 is 0. The number of ketones is 1. The maximum Gasteiger partial charge on any atom is 0.336 e. The van der Waals surface area contributed by atoms with E-state index in [-0.39, 0.29) is 11.4 Å². The lowest BCUT2D eigenvalue weighted by atomic mass is 9.97. The van der Waals surface area contributed by atoms with E-state index in [0.29, 0.717) is 5.56 Å². The molecule has 1 unspecified atom stereocenters. The van der Waals surface area contributed by atoms with E-state index in [9.17, 15) is 9.59 Å². The first-order valence-electron chi connectivity index (χ1n) is 9.26. The van der Waals surface area contributed by atoms with Crippen molar-refractivity contribution in [1.82, 2.24) is 0 Å². The molecule has 0 radical (unpaired) electrons. The van der Waals surface area contributed by atoms with Gasteiger partial charge < -0.3 is 9.16 Å². The molecule has 0 spiro atoms. The van der Waals surface area contributed by atoms with E-state index in [2.05, 4.69) is 0 Å². The van der Waals surface area contributed by atoms with Crippen LogP contribution >= 0.6 is 0 Å². The highest BCUT2D eigenvalue weighted by atomic mass is 28.4. The molecule has 0 heterocycles. The van der Waals surface area contributed by atoms with E-state index in [4.69, 9.17) is 9.16 Å². The molecule has 4 nitrogen and oxygen atoms in total. The van der Waals surface area contributed by atoms with Crippen LogP contribution in [0.5, 0.6) is 0 Å². The molecular formula is C23H28O4Si. The van der Waals surface area contributed by atoms with Gasteiger partial charge in [-0.1, -0.05) is 53.6 Å². The summed E-state index contributed by atoms with van der Waals surface area (Å²) in [6.07, 6.45) is 0.695. The van der Waals surface area contributed by atoms with Gasteiger partial charge in [-0.05, 0) is 51.2 Å². The Balaban J connectivity index is 2.57. The molecule has 0 N–H and O–H groups in total. The van der Waals surface area contributed by atoms with E-state index in [0.717, 1.165) is 16.7 Å². The molecule has 0 amide bonds. The van der Waals surface area contributed by atoms with Crippen LogP contribution in [0.2, 0.25) is 19.6 Å². The van der Waals surface area contributed by atoms with Crippen molar-refractivity contribution in [3.8, 4) is 0 Å². The topological polar surface area (TPSA) is 52.6 Å². The average molecular weight is 397 g/mol. The molecular weight excluding hydrogens is 368 g/mol. The lowest BCUT2D eigenvalue weighted by molar-refractivity contribution is -0.137. The summed E-state index contributed by atoms with van der Waals surface area (Å²) < 4.78 is 11.3. The summed E-state index contributed by atoms with van der Waals surface area (Å²) in [6.45, 7) is 10.0. The van der Waals surface area contributed by atoms with Crippen molar-refractivity contribution in [3.05, 3.63) is 82.4 Å². The highest BCUT2D eigenvalue weighted by molar-refractivity contribution is 6.69. The van der Waals surface area contributed by atoms with Crippen LogP contribution in [0, 0.1) is 13.8 Å². The first-order valence-corrected chi connectivity index (χ1v) is 12.7. The number of rotatable bonds is 7. The third kappa shape index (κ3) is 6.01. The first kappa shape index (κ1) is 21.8. The number of hydrogen-bond donors (Lipinski definition) is 0. The molecule has 0 aliphatic carbocycles. The predicted octanol–water partition coefficient (Wildman–Crippen LogP) is 5.18. The van der Waals surface area contributed by atoms with Gasteiger partial charge in [0.05, 0.1) is 12.7 Å². The molecule has 0 aromatic heterocycles. The van der Waals surface area contributed by atoms with Crippen LogP contribution in [0.3, 0.4) is 0 Å². The number of allylic oxidation sites excluding steroid dienone is 1. The van der Waals surface area contributed by atoms with Gasteiger partial charge in [-0.3, -0.25) is 4.79 Å². The molecule has 1 atom stereocenters. The largest absolute Gasteiger partial charge is 0.466 e. The SMILES string of the molecule is COC(=O)/C(=C\C(=O)c1cccc(C)c1)C(O[Si](C)(C)C)c1cccc(C)c1. The second kappa shape index (κ2) is 9.13. The summed E-state index contributed by atoms with van der Waals surface area (Å²) in [4.78, 5) is 25.5. The number of methoxy groups -OCH3 is 1. The monoisotopic (exact) mass is 396 g/mol. The van der Waals surface area contributed by atoms with Crippen molar-refractivity contribution < 1.29 is 18.8 Å². The molecule has 0 fully saturated rings. The minimum absolute atomic E-state index is 0.210. The van der Waals surface area contributed by atoms with E-state index < -0.39 is 20.4 Å². The highest BCUT2D eigenvalue weighted by Crippen LogP contribution is 2.31. The Bertz CT molecular complexity index is 893. The van der Waals surface area contributed by atoms with Gasteiger partial charge in [0.25, 0.3) is 0 Å². The Hall–Kier alpha value is -2.50. The number of carbonyl (C=O) groups excluding carboxylic acids is 2. The van der Waals surface area contributed by atoms with Crippen LogP contribution in [0.4, 0.5) is 0 Å². The van der Waals surface area contributed by atoms with Crippen molar-refractivity contribution >= 4 is 20.1 Å². The van der Waals surface area contributed by atoms with Crippen molar-refractivity contribution in [1.29, 1.82) is 0 Å². The van der Waals surface area contributed by atoms with E-state index in [1.807, 2.05) is 69.9 Å². The maximum atomic E-state index is 12.9. The second-order valence-corrected chi connectivity index (χ2v) is 12.3. The van der Waals surface area contributed by atoms with E-state index in [1.54, 1.807) is 12.1 Å². The molecule has 0 bridgehead atoms. The van der Waals surface area contributed by atoms with Gasteiger partial charge >= 0.3 is 5.97 Å². The average Bonchev–Trinajstić information content (AvgIpc) is 2.63. The van der Waals surface area contributed by atoms with Crippen molar-refractivity contribution in [3.63, 3.8) is 0 Å². The van der Waals surface area contributed by atoms with Crippen LogP contribution in [0.25, 0.3) is 0 Å². The first-order chi connectivity index (χ1) is 13.1. The van der Waals surface area contributed by atoms with Crippen LogP contribution in [0.1, 0.15) is 33.2 Å². The van der Waals surface area contributed by atoms with Gasteiger partial charge in [0.15, 0.2) is 14.1 Å². The Morgan fingerprint density at radius 2 is 1.57 bits per heavy atom. The number of aryl methyl sites for hydroxylation is 2. The van der Waals surface area contributed by atoms with Gasteiger partial charge in [0.2, 0.25) is 0 Å². The number of carbonyl (C=O) groups is 2. The van der Waals surface area contributed by atoms with Gasteiger partial charge in [0.1, 0.15) is 6.10 Å². The zero-order chi connectivity index (χ0) is 20.9. The zero-order valence-corrected chi connectivity index (χ0v) is 18.4. The standard InChI is InChI=1S/C23H28O4Si/c1-16-9-7-11-18(13-16)21(24)15-20(23(25)26-3)22(27-28(4,5)6)19-12-8-10-17(2)14-19/h7-15,22H,1-6H3/b20-15-. The Labute approximate surface area is 168 Å². The Morgan fingerprint density at radius 1 is 0.964 bits per heavy atom. The molecule has 0 saturated heterocycles. The number of esters is 1. The molecule has 5 heteroatoms. The molecule has 28 heavy (non-hydrogen) atoms. The lowest BCUT2D eigenvalue weighted by Gasteiger charge is -2.28. The summed E-state index contributed by atoms with van der Waals surface area (Å²) in [6, 6.07) is 15.1.